The quantitative estimate of drug-likeness (QED) is 0.743. The van der Waals surface area contributed by atoms with Crippen LogP contribution in [-0.4, -0.2) is 11.7 Å². The molecule has 1 aromatic rings. The number of phenols is 1. The van der Waals surface area contributed by atoms with Crippen molar-refractivity contribution in [3.05, 3.63) is 29.3 Å². The maximum Gasteiger partial charge on any atom is 0.118 e. The maximum absolute atomic E-state index is 9.84. The molecule has 96 valence electrons. The Hall–Kier alpha value is -1.02. The lowest BCUT2D eigenvalue weighted by Crippen LogP contribution is -2.15. The molecule has 0 fully saturated rings. The molecule has 1 aromatic carbocycles. The smallest absolute Gasteiger partial charge is 0.118 e. The van der Waals surface area contributed by atoms with Crippen molar-refractivity contribution >= 4 is 0 Å². The third-order valence-corrected chi connectivity index (χ3v) is 3.65. The molecule has 2 nitrogen and oxygen atoms in total. The Morgan fingerprint density at radius 2 is 1.94 bits per heavy atom. The second-order valence-corrected chi connectivity index (χ2v) is 5.33. The van der Waals surface area contributed by atoms with Crippen molar-refractivity contribution in [2.24, 2.45) is 5.73 Å². The Bertz CT molecular complexity index is 358. The second-order valence-electron chi connectivity index (χ2n) is 5.33. The zero-order valence-corrected chi connectivity index (χ0v) is 11.3. The fraction of sp³-hybridized carbons (Fsp3) is 0.600. The van der Waals surface area contributed by atoms with Crippen LogP contribution in [0.4, 0.5) is 0 Å². The first-order valence-corrected chi connectivity index (χ1v) is 6.53. The van der Waals surface area contributed by atoms with Gasteiger partial charge < -0.3 is 10.8 Å². The summed E-state index contributed by atoms with van der Waals surface area (Å²) in [4.78, 5) is 0. The number of aryl methyl sites for hydroxylation is 1. The van der Waals surface area contributed by atoms with Gasteiger partial charge in [-0.25, -0.2) is 0 Å². The molecule has 0 heterocycles. The van der Waals surface area contributed by atoms with Crippen molar-refractivity contribution in [2.45, 2.75) is 51.9 Å². The maximum atomic E-state index is 9.84. The molecule has 0 saturated heterocycles. The van der Waals surface area contributed by atoms with Gasteiger partial charge in [-0.15, -0.1) is 0 Å². The fourth-order valence-corrected chi connectivity index (χ4v) is 1.87. The molecule has 0 saturated carbocycles. The third kappa shape index (κ3) is 3.74. The Kier molecular flexibility index (Phi) is 5.01. The molecule has 0 aliphatic rings. The van der Waals surface area contributed by atoms with Crippen LogP contribution in [0.1, 0.15) is 51.2 Å². The van der Waals surface area contributed by atoms with E-state index in [9.17, 15) is 5.11 Å². The predicted molar refractivity (Wildman–Crippen MR) is 73.4 cm³/mol. The van der Waals surface area contributed by atoms with E-state index in [1.165, 1.54) is 5.56 Å². The van der Waals surface area contributed by atoms with Gasteiger partial charge >= 0.3 is 0 Å². The lowest BCUT2D eigenvalue weighted by Gasteiger charge is -2.24. The largest absolute Gasteiger partial charge is 0.508 e. The average Bonchev–Trinajstić information content (AvgIpc) is 2.31. The summed E-state index contributed by atoms with van der Waals surface area (Å²) in [6.07, 6.45) is 4.07. The Morgan fingerprint density at radius 3 is 2.53 bits per heavy atom. The molecule has 0 amide bonds. The molecular formula is C15H25NO. The second kappa shape index (κ2) is 6.06. The number of hydrogen-bond acceptors (Lipinski definition) is 2. The van der Waals surface area contributed by atoms with E-state index in [0.29, 0.717) is 5.75 Å². The lowest BCUT2D eigenvalue weighted by molar-refractivity contribution is 0.462. The molecule has 0 unspecified atom stereocenters. The first kappa shape index (κ1) is 14.0. The minimum Gasteiger partial charge on any atom is -0.508 e. The van der Waals surface area contributed by atoms with E-state index in [2.05, 4.69) is 26.8 Å². The summed E-state index contributed by atoms with van der Waals surface area (Å²) in [6, 6.07) is 6.01. The molecule has 3 N–H and O–H groups in total. The number of rotatable bonds is 6. The number of phenolic OH excluding ortho intramolecular Hbond substituents is 1. The van der Waals surface area contributed by atoms with Crippen molar-refractivity contribution in [1.29, 1.82) is 0 Å². The van der Waals surface area contributed by atoms with Gasteiger partial charge in [-0.2, -0.15) is 0 Å². The molecule has 0 aliphatic carbocycles. The Labute approximate surface area is 105 Å². The monoisotopic (exact) mass is 235 g/mol. The van der Waals surface area contributed by atoms with Crippen molar-refractivity contribution in [1.82, 2.24) is 0 Å². The number of benzene rings is 1. The van der Waals surface area contributed by atoms with E-state index in [1.54, 1.807) is 0 Å². The molecule has 0 atom stereocenters. The molecule has 17 heavy (non-hydrogen) atoms. The van der Waals surface area contributed by atoms with Crippen molar-refractivity contribution in [3.63, 3.8) is 0 Å². The highest BCUT2D eigenvalue weighted by atomic mass is 16.3. The zero-order valence-electron chi connectivity index (χ0n) is 11.3. The molecular weight excluding hydrogens is 210 g/mol. The summed E-state index contributed by atoms with van der Waals surface area (Å²) in [6.45, 7) is 7.40. The third-order valence-electron chi connectivity index (χ3n) is 3.65. The summed E-state index contributed by atoms with van der Waals surface area (Å²) in [5.74, 6) is 0.415. The SMILES string of the molecule is CCC(C)(C)c1ccc(O)c(CCCCN)c1. The number of hydrogen-bond donors (Lipinski definition) is 2. The number of nitrogens with two attached hydrogens (primary N) is 1. The van der Waals surface area contributed by atoms with Gasteiger partial charge in [0.05, 0.1) is 0 Å². The summed E-state index contributed by atoms with van der Waals surface area (Å²) >= 11 is 0. The fourth-order valence-electron chi connectivity index (χ4n) is 1.87. The van der Waals surface area contributed by atoms with Crippen LogP contribution in [0.15, 0.2) is 18.2 Å². The van der Waals surface area contributed by atoms with Crippen molar-refractivity contribution in [3.8, 4) is 5.75 Å². The van der Waals surface area contributed by atoms with E-state index < -0.39 is 0 Å². The van der Waals surface area contributed by atoms with Gasteiger partial charge in [-0.3, -0.25) is 0 Å². The Balaban J connectivity index is 2.86. The van der Waals surface area contributed by atoms with Crippen molar-refractivity contribution < 1.29 is 5.11 Å². The standard InChI is InChI=1S/C15H25NO/c1-4-15(2,3)13-8-9-14(17)12(11-13)7-5-6-10-16/h8-9,11,17H,4-7,10,16H2,1-3H3. The van der Waals surface area contributed by atoms with Crippen LogP contribution < -0.4 is 5.73 Å². The molecule has 1 rings (SSSR count). The van der Waals surface area contributed by atoms with E-state index in [-0.39, 0.29) is 5.41 Å². The van der Waals surface area contributed by atoms with Crippen LogP contribution in [0.2, 0.25) is 0 Å². The van der Waals surface area contributed by atoms with E-state index >= 15 is 0 Å². The molecule has 2 heteroatoms. The van der Waals surface area contributed by atoms with Crippen molar-refractivity contribution in [2.75, 3.05) is 6.54 Å². The summed E-state index contributed by atoms with van der Waals surface area (Å²) in [5, 5.41) is 9.84. The van der Waals surface area contributed by atoms with Crippen LogP contribution in [0, 0.1) is 0 Å². The van der Waals surface area contributed by atoms with Crippen LogP contribution in [0.5, 0.6) is 5.75 Å². The number of unbranched alkanes of at least 4 members (excludes halogenated alkanes) is 1. The van der Waals surface area contributed by atoms with Gasteiger partial charge in [0.1, 0.15) is 5.75 Å². The van der Waals surface area contributed by atoms with Crippen LogP contribution >= 0.6 is 0 Å². The molecule has 0 radical (unpaired) electrons. The average molecular weight is 235 g/mol. The molecule has 0 aliphatic heterocycles. The highest BCUT2D eigenvalue weighted by molar-refractivity contribution is 5.39. The summed E-state index contributed by atoms with van der Waals surface area (Å²) in [7, 11) is 0. The summed E-state index contributed by atoms with van der Waals surface area (Å²) in [5.41, 5.74) is 8.03. The van der Waals surface area contributed by atoms with Gasteiger partial charge in [0.15, 0.2) is 0 Å². The van der Waals surface area contributed by atoms with Crippen LogP contribution in [-0.2, 0) is 11.8 Å². The van der Waals surface area contributed by atoms with Gasteiger partial charge in [0.25, 0.3) is 0 Å². The van der Waals surface area contributed by atoms with E-state index in [4.69, 9.17) is 5.73 Å². The molecule has 0 aromatic heterocycles. The van der Waals surface area contributed by atoms with E-state index in [0.717, 1.165) is 37.8 Å². The van der Waals surface area contributed by atoms with Gasteiger partial charge in [0.2, 0.25) is 0 Å². The number of aromatic hydroxyl groups is 1. The van der Waals surface area contributed by atoms with E-state index in [1.807, 2.05) is 12.1 Å². The zero-order chi connectivity index (χ0) is 12.9. The first-order valence-electron chi connectivity index (χ1n) is 6.53. The highest BCUT2D eigenvalue weighted by Gasteiger charge is 2.18. The minimum atomic E-state index is 0.177. The van der Waals surface area contributed by atoms with Gasteiger partial charge in [0, 0.05) is 0 Å². The van der Waals surface area contributed by atoms with Gasteiger partial charge in [-0.05, 0) is 54.8 Å². The lowest BCUT2D eigenvalue weighted by atomic mass is 9.81. The topological polar surface area (TPSA) is 46.2 Å². The minimum absolute atomic E-state index is 0.177. The van der Waals surface area contributed by atoms with Gasteiger partial charge in [-0.1, -0.05) is 32.9 Å². The summed E-state index contributed by atoms with van der Waals surface area (Å²) < 4.78 is 0. The first-order chi connectivity index (χ1) is 8.01. The van der Waals surface area contributed by atoms with Crippen LogP contribution in [0.3, 0.4) is 0 Å². The molecule has 0 spiro atoms. The van der Waals surface area contributed by atoms with Crippen LogP contribution in [0.25, 0.3) is 0 Å². The highest BCUT2D eigenvalue weighted by Crippen LogP contribution is 2.30. The predicted octanol–water partition coefficient (Wildman–Crippen LogP) is 3.36. The normalized spacial score (nSPS) is 11.8. The molecule has 0 bridgehead atoms. The Morgan fingerprint density at radius 1 is 1.24 bits per heavy atom.